The highest BCUT2D eigenvalue weighted by Crippen LogP contribution is 2.31. The Morgan fingerprint density at radius 1 is 1.18 bits per heavy atom. The predicted octanol–water partition coefficient (Wildman–Crippen LogP) is 3.39. The SMILES string of the molecule is CCOc1cc(N2CCN(C(C=O)n3nc(-c4ncc[nH]4)c4cccnc43)CC2)ccc1Cl. The van der Waals surface area contributed by atoms with E-state index in [9.17, 15) is 4.79 Å². The van der Waals surface area contributed by atoms with Crippen molar-refractivity contribution in [1.82, 2.24) is 29.6 Å². The van der Waals surface area contributed by atoms with E-state index >= 15 is 0 Å². The zero-order chi connectivity index (χ0) is 22.8. The predicted molar refractivity (Wildman–Crippen MR) is 127 cm³/mol. The molecule has 0 aliphatic carbocycles. The number of anilines is 1. The molecule has 0 bridgehead atoms. The van der Waals surface area contributed by atoms with Crippen LogP contribution in [0.25, 0.3) is 22.6 Å². The molecule has 1 aliphatic heterocycles. The standard InChI is InChI=1S/C23H24ClN7O2/c1-2-33-19-14-16(5-6-18(19)24)29-10-12-30(13-11-29)20(15-32)31-23-17(4-3-7-27-23)21(28-31)22-25-8-9-26-22/h3-9,14-15,20H,2,10-13H2,1H3,(H,25,26). The van der Waals surface area contributed by atoms with Crippen molar-refractivity contribution in [3.8, 4) is 17.3 Å². The Morgan fingerprint density at radius 3 is 2.76 bits per heavy atom. The summed E-state index contributed by atoms with van der Waals surface area (Å²) in [4.78, 5) is 28.6. The van der Waals surface area contributed by atoms with Crippen LogP contribution in [-0.4, -0.2) is 68.7 Å². The Bertz CT molecular complexity index is 1250. The van der Waals surface area contributed by atoms with E-state index in [4.69, 9.17) is 21.4 Å². The van der Waals surface area contributed by atoms with Gasteiger partial charge in [-0.1, -0.05) is 11.6 Å². The number of nitrogens with zero attached hydrogens (tertiary/aromatic N) is 6. The summed E-state index contributed by atoms with van der Waals surface area (Å²) >= 11 is 6.24. The number of hydrogen-bond acceptors (Lipinski definition) is 7. The molecule has 33 heavy (non-hydrogen) atoms. The molecule has 0 saturated carbocycles. The van der Waals surface area contributed by atoms with Crippen LogP contribution in [0.15, 0.2) is 48.9 Å². The first-order chi connectivity index (χ1) is 16.2. The molecule has 1 N–H and O–H groups in total. The molecule has 3 aromatic heterocycles. The summed E-state index contributed by atoms with van der Waals surface area (Å²) in [6.45, 7) is 5.40. The molecule has 9 nitrogen and oxygen atoms in total. The third-order valence-corrected chi connectivity index (χ3v) is 6.14. The van der Waals surface area contributed by atoms with Gasteiger partial charge in [0.15, 0.2) is 23.9 Å². The maximum atomic E-state index is 12.3. The number of H-pyrrole nitrogens is 1. The number of carbonyl (C=O) groups excluding carboxylic acids is 1. The van der Waals surface area contributed by atoms with Crippen molar-refractivity contribution in [1.29, 1.82) is 0 Å². The molecule has 4 aromatic rings. The maximum Gasteiger partial charge on any atom is 0.162 e. The Morgan fingerprint density at radius 2 is 2.03 bits per heavy atom. The molecule has 1 unspecified atom stereocenters. The fourth-order valence-corrected chi connectivity index (χ4v) is 4.40. The van der Waals surface area contributed by atoms with E-state index < -0.39 is 6.17 Å². The zero-order valence-electron chi connectivity index (χ0n) is 18.2. The van der Waals surface area contributed by atoms with Crippen molar-refractivity contribution < 1.29 is 9.53 Å². The Labute approximate surface area is 195 Å². The molecule has 1 aliphatic rings. The lowest BCUT2D eigenvalue weighted by molar-refractivity contribution is -0.115. The van der Waals surface area contributed by atoms with Crippen LogP contribution in [0.4, 0.5) is 5.69 Å². The zero-order valence-corrected chi connectivity index (χ0v) is 18.9. The van der Waals surface area contributed by atoms with Gasteiger partial charge in [-0.2, -0.15) is 5.10 Å². The number of aromatic amines is 1. The second kappa shape index (κ2) is 9.21. The monoisotopic (exact) mass is 465 g/mol. The van der Waals surface area contributed by atoms with Crippen LogP contribution in [0.1, 0.15) is 13.1 Å². The van der Waals surface area contributed by atoms with Crippen LogP contribution in [0, 0.1) is 0 Å². The first-order valence-corrected chi connectivity index (χ1v) is 11.3. The molecule has 1 fully saturated rings. The number of benzene rings is 1. The number of piperazine rings is 1. The number of imidazole rings is 1. The smallest absolute Gasteiger partial charge is 0.162 e. The van der Waals surface area contributed by atoms with Crippen molar-refractivity contribution in [2.24, 2.45) is 0 Å². The van der Waals surface area contributed by atoms with E-state index in [2.05, 4.69) is 24.8 Å². The minimum absolute atomic E-state index is 0.558. The first-order valence-electron chi connectivity index (χ1n) is 10.9. The largest absolute Gasteiger partial charge is 0.492 e. The minimum atomic E-state index is -0.558. The third kappa shape index (κ3) is 4.05. The van der Waals surface area contributed by atoms with Crippen LogP contribution in [0.5, 0.6) is 5.75 Å². The molecule has 1 saturated heterocycles. The van der Waals surface area contributed by atoms with Gasteiger partial charge < -0.3 is 14.6 Å². The lowest BCUT2D eigenvalue weighted by Gasteiger charge is -2.38. The van der Waals surface area contributed by atoms with E-state index in [0.29, 0.717) is 47.6 Å². The lowest BCUT2D eigenvalue weighted by Crippen LogP contribution is -2.49. The van der Waals surface area contributed by atoms with Gasteiger partial charge in [-0.15, -0.1) is 0 Å². The lowest BCUT2D eigenvalue weighted by atomic mass is 10.2. The molecule has 170 valence electrons. The van der Waals surface area contributed by atoms with Gasteiger partial charge in [-0.25, -0.2) is 14.6 Å². The highest BCUT2D eigenvalue weighted by atomic mass is 35.5. The summed E-state index contributed by atoms with van der Waals surface area (Å²) in [7, 11) is 0. The van der Waals surface area contributed by atoms with Crippen molar-refractivity contribution in [3.63, 3.8) is 0 Å². The summed E-state index contributed by atoms with van der Waals surface area (Å²) in [5.41, 5.74) is 2.39. The molecule has 0 amide bonds. The summed E-state index contributed by atoms with van der Waals surface area (Å²) in [5.74, 6) is 1.33. The molecule has 5 rings (SSSR count). The van der Waals surface area contributed by atoms with E-state index in [1.165, 1.54) is 0 Å². The highest BCUT2D eigenvalue weighted by molar-refractivity contribution is 6.32. The summed E-state index contributed by atoms with van der Waals surface area (Å²) in [6, 6.07) is 9.63. The number of rotatable bonds is 7. The topological polar surface area (TPSA) is 92.2 Å². The van der Waals surface area contributed by atoms with E-state index in [-0.39, 0.29) is 0 Å². The Kier molecular flexibility index (Phi) is 5.97. The van der Waals surface area contributed by atoms with Gasteiger partial charge in [0.2, 0.25) is 0 Å². The van der Waals surface area contributed by atoms with Gasteiger partial charge in [0, 0.05) is 56.5 Å². The second-order valence-electron chi connectivity index (χ2n) is 7.73. The van der Waals surface area contributed by atoms with Gasteiger partial charge in [-0.3, -0.25) is 9.69 Å². The van der Waals surface area contributed by atoms with Gasteiger partial charge in [0.25, 0.3) is 0 Å². The quantitative estimate of drug-likeness (QED) is 0.418. The number of nitrogens with one attached hydrogen (secondary N) is 1. The number of aromatic nitrogens is 5. The van der Waals surface area contributed by atoms with Crippen LogP contribution in [-0.2, 0) is 4.79 Å². The number of fused-ring (bicyclic) bond motifs is 1. The van der Waals surface area contributed by atoms with Crippen molar-refractivity contribution in [2.45, 2.75) is 13.1 Å². The molecule has 0 radical (unpaired) electrons. The third-order valence-electron chi connectivity index (χ3n) is 5.83. The van der Waals surface area contributed by atoms with Gasteiger partial charge in [0.05, 0.1) is 17.0 Å². The van der Waals surface area contributed by atoms with Crippen LogP contribution >= 0.6 is 11.6 Å². The maximum absolute atomic E-state index is 12.3. The van der Waals surface area contributed by atoms with E-state index in [1.54, 1.807) is 23.3 Å². The van der Waals surface area contributed by atoms with E-state index in [0.717, 1.165) is 30.4 Å². The molecule has 10 heteroatoms. The van der Waals surface area contributed by atoms with Crippen LogP contribution < -0.4 is 9.64 Å². The summed E-state index contributed by atoms with van der Waals surface area (Å²) in [6.07, 6.45) is 5.51. The fourth-order valence-electron chi connectivity index (χ4n) is 4.23. The first kappa shape index (κ1) is 21.4. The van der Waals surface area contributed by atoms with Gasteiger partial charge in [-0.05, 0) is 31.2 Å². The molecule has 4 heterocycles. The van der Waals surface area contributed by atoms with Crippen molar-refractivity contribution in [3.05, 3.63) is 53.9 Å². The minimum Gasteiger partial charge on any atom is -0.492 e. The summed E-state index contributed by atoms with van der Waals surface area (Å²) in [5, 5.41) is 6.19. The van der Waals surface area contributed by atoms with Crippen LogP contribution in [0.3, 0.4) is 0 Å². The average molecular weight is 466 g/mol. The number of pyridine rings is 1. The fraction of sp³-hybridized carbons (Fsp3) is 0.304. The molecule has 0 spiro atoms. The molecule has 1 aromatic carbocycles. The average Bonchev–Trinajstić information content (AvgIpc) is 3.50. The summed E-state index contributed by atoms with van der Waals surface area (Å²) < 4.78 is 7.33. The molecule has 1 atom stereocenters. The Hall–Kier alpha value is -3.43. The number of halogens is 1. The highest BCUT2D eigenvalue weighted by Gasteiger charge is 2.28. The molecular formula is C23H24ClN7O2. The number of aldehydes is 1. The molecular weight excluding hydrogens is 442 g/mol. The Balaban J connectivity index is 1.38. The van der Waals surface area contributed by atoms with Crippen molar-refractivity contribution >= 4 is 34.6 Å². The van der Waals surface area contributed by atoms with E-state index in [1.807, 2.05) is 37.3 Å². The normalized spacial score (nSPS) is 15.6. The van der Waals surface area contributed by atoms with Crippen molar-refractivity contribution in [2.75, 3.05) is 37.7 Å². The number of ether oxygens (including phenoxy) is 1. The van der Waals surface area contributed by atoms with Crippen LogP contribution in [0.2, 0.25) is 5.02 Å². The second-order valence-corrected chi connectivity index (χ2v) is 8.13. The number of hydrogen-bond donors (Lipinski definition) is 1. The van der Waals surface area contributed by atoms with Gasteiger partial charge >= 0.3 is 0 Å². The van der Waals surface area contributed by atoms with Gasteiger partial charge in [0.1, 0.15) is 11.4 Å². The number of carbonyl (C=O) groups is 1.